The number of anilines is 2. The second kappa shape index (κ2) is 10.4. The highest BCUT2D eigenvalue weighted by molar-refractivity contribution is 5.77. The first-order chi connectivity index (χ1) is 16.9. The van der Waals surface area contributed by atoms with Crippen LogP contribution in [0.1, 0.15) is 5.56 Å². The predicted octanol–water partition coefficient (Wildman–Crippen LogP) is 7.89. The van der Waals surface area contributed by atoms with E-state index in [0.717, 1.165) is 28.3 Å². The average molecular weight is 438 g/mol. The Balaban J connectivity index is 1.63. The third-order valence-electron chi connectivity index (χ3n) is 5.63. The highest BCUT2D eigenvalue weighted by Gasteiger charge is 2.18. The molecule has 0 unspecified atom stereocenters. The summed E-state index contributed by atoms with van der Waals surface area (Å²) in [5, 5.41) is 3.46. The molecular formula is C32H25N2. The van der Waals surface area contributed by atoms with Crippen molar-refractivity contribution in [1.82, 2.24) is 5.32 Å². The predicted molar refractivity (Wildman–Crippen MR) is 143 cm³/mol. The molecule has 4 aromatic carbocycles. The van der Waals surface area contributed by atoms with Gasteiger partial charge in [0.1, 0.15) is 0 Å². The zero-order valence-electron chi connectivity index (χ0n) is 18.8. The van der Waals surface area contributed by atoms with E-state index >= 15 is 0 Å². The Labute approximate surface area is 201 Å². The maximum atomic E-state index is 3.46. The van der Waals surface area contributed by atoms with E-state index < -0.39 is 0 Å². The van der Waals surface area contributed by atoms with E-state index in [9.17, 15) is 0 Å². The van der Waals surface area contributed by atoms with Gasteiger partial charge in [0.25, 0.3) is 0 Å². The lowest BCUT2D eigenvalue weighted by molar-refractivity contribution is 1.03. The minimum Gasteiger partial charge on any atom is -0.360 e. The van der Waals surface area contributed by atoms with Crippen molar-refractivity contribution in [2.24, 2.45) is 0 Å². The molecule has 0 atom stereocenters. The van der Waals surface area contributed by atoms with Crippen molar-refractivity contribution in [2.75, 3.05) is 4.90 Å². The Morgan fingerprint density at radius 3 is 1.91 bits per heavy atom. The minimum atomic E-state index is 1.01. The number of hydrogen-bond acceptors (Lipinski definition) is 2. The number of hydrogen-bond donors (Lipinski definition) is 1. The molecule has 0 aromatic heterocycles. The molecule has 1 radical (unpaired) electrons. The molecule has 1 aliphatic rings. The van der Waals surface area contributed by atoms with Gasteiger partial charge in [-0.3, -0.25) is 0 Å². The van der Waals surface area contributed by atoms with Crippen LogP contribution in [0.2, 0.25) is 0 Å². The van der Waals surface area contributed by atoms with Crippen molar-refractivity contribution in [2.45, 2.75) is 0 Å². The Bertz CT molecular complexity index is 1290. The summed E-state index contributed by atoms with van der Waals surface area (Å²) in [6.07, 6.45) is 12.4. The lowest BCUT2D eigenvalue weighted by Gasteiger charge is -2.29. The molecule has 0 amide bonds. The van der Waals surface area contributed by atoms with Crippen LogP contribution in [0, 0.1) is 6.07 Å². The van der Waals surface area contributed by atoms with Gasteiger partial charge < -0.3 is 10.2 Å². The van der Waals surface area contributed by atoms with E-state index in [4.69, 9.17) is 0 Å². The second-order valence-electron chi connectivity index (χ2n) is 7.92. The van der Waals surface area contributed by atoms with Gasteiger partial charge in [0.05, 0.1) is 11.4 Å². The first kappa shape index (κ1) is 21.3. The van der Waals surface area contributed by atoms with Crippen LogP contribution in [0.25, 0.3) is 17.2 Å². The smallest absolute Gasteiger partial charge is 0.0702 e. The highest BCUT2D eigenvalue weighted by atomic mass is 15.2. The molecule has 5 rings (SSSR count). The van der Waals surface area contributed by atoms with Gasteiger partial charge in [0.2, 0.25) is 0 Å². The third kappa shape index (κ3) is 4.92. The van der Waals surface area contributed by atoms with Crippen LogP contribution < -0.4 is 10.2 Å². The van der Waals surface area contributed by atoms with Gasteiger partial charge in [0.15, 0.2) is 0 Å². The van der Waals surface area contributed by atoms with E-state index in [0.29, 0.717) is 0 Å². The van der Waals surface area contributed by atoms with Crippen molar-refractivity contribution in [1.29, 1.82) is 0 Å². The molecule has 4 aromatic rings. The molecule has 0 fully saturated rings. The van der Waals surface area contributed by atoms with Crippen molar-refractivity contribution >= 4 is 17.5 Å². The Morgan fingerprint density at radius 1 is 0.647 bits per heavy atom. The Kier molecular flexibility index (Phi) is 6.50. The molecule has 163 valence electrons. The van der Waals surface area contributed by atoms with E-state index in [1.165, 1.54) is 11.1 Å². The summed E-state index contributed by atoms with van der Waals surface area (Å²) < 4.78 is 0. The number of para-hydroxylation sites is 2. The number of nitrogens with one attached hydrogen (secondary N) is 1. The number of benzene rings is 4. The van der Waals surface area contributed by atoms with Gasteiger partial charge in [-0.15, -0.1) is 0 Å². The molecule has 1 heterocycles. The van der Waals surface area contributed by atoms with E-state index in [1.807, 2.05) is 42.6 Å². The van der Waals surface area contributed by atoms with Crippen molar-refractivity contribution in [3.8, 4) is 11.1 Å². The molecule has 2 heteroatoms. The van der Waals surface area contributed by atoms with Crippen LogP contribution in [-0.2, 0) is 0 Å². The summed E-state index contributed by atoms with van der Waals surface area (Å²) in [5.74, 6) is 0. The maximum absolute atomic E-state index is 3.46. The molecule has 34 heavy (non-hydrogen) atoms. The number of nitrogens with zero attached hydrogens (tertiary/aromatic N) is 1. The van der Waals surface area contributed by atoms with Gasteiger partial charge in [-0.05, 0) is 65.3 Å². The maximum Gasteiger partial charge on any atom is 0.0702 e. The van der Waals surface area contributed by atoms with Crippen molar-refractivity contribution < 1.29 is 0 Å². The van der Waals surface area contributed by atoms with Crippen molar-refractivity contribution in [3.05, 3.63) is 163 Å². The number of rotatable bonds is 6. The fourth-order valence-corrected chi connectivity index (χ4v) is 3.97. The van der Waals surface area contributed by atoms with Gasteiger partial charge in [-0.25, -0.2) is 0 Å². The normalized spacial score (nSPS) is 13.1. The van der Waals surface area contributed by atoms with Crippen LogP contribution in [0.4, 0.5) is 11.4 Å². The molecule has 1 N–H and O–H groups in total. The van der Waals surface area contributed by atoms with Crippen LogP contribution in [0.5, 0.6) is 0 Å². The van der Waals surface area contributed by atoms with Crippen LogP contribution >= 0.6 is 0 Å². The second-order valence-corrected chi connectivity index (χ2v) is 7.92. The first-order valence-corrected chi connectivity index (χ1v) is 11.4. The topological polar surface area (TPSA) is 15.3 Å². The molecule has 0 aliphatic carbocycles. The summed E-state index contributed by atoms with van der Waals surface area (Å²) in [4.78, 5) is 2.28. The third-order valence-corrected chi connectivity index (χ3v) is 5.63. The monoisotopic (exact) mass is 437 g/mol. The van der Waals surface area contributed by atoms with Gasteiger partial charge in [0, 0.05) is 17.6 Å². The SMILES string of the molecule is [c]1ccc(-c2ccc(C=C(C3=CC=CC=CN3)N(c3ccccc3)c3ccccc3)cc2)cc1. The average Bonchev–Trinajstić information content (AvgIpc) is 3.20. The Morgan fingerprint density at radius 2 is 1.26 bits per heavy atom. The standard InChI is InChI=1S/C32H25N2/c1-5-13-27(14-6-1)28-22-20-26(21-23-28)25-32(31-19-11-4-12-24-33-31)34(29-15-7-2-8-16-29)30-17-9-3-10-18-30/h2-25,33H. The van der Waals surface area contributed by atoms with Gasteiger partial charge in [-0.2, -0.15) is 0 Å². The van der Waals surface area contributed by atoms with E-state index in [1.54, 1.807) is 0 Å². The quantitative estimate of drug-likeness (QED) is 0.330. The largest absolute Gasteiger partial charge is 0.360 e. The fraction of sp³-hybridized carbons (Fsp3) is 0. The van der Waals surface area contributed by atoms with E-state index in [2.05, 4.69) is 119 Å². The zero-order valence-corrected chi connectivity index (χ0v) is 18.8. The van der Waals surface area contributed by atoms with Crippen LogP contribution in [0.15, 0.2) is 151 Å². The molecular weight excluding hydrogens is 412 g/mol. The summed E-state index contributed by atoms with van der Waals surface area (Å²) in [7, 11) is 0. The molecule has 0 saturated carbocycles. The molecule has 0 bridgehead atoms. The minimum absolute atomic E-state index is 1.01. The zero-order chi connectivity index (χ0) is 23.0. The summed E-state index contributed by atoms with van der Waals surface area (Å²) >= 11 is 0. The highest BCUT2D eigenvalue weighted by Crippen LogP contribution is 2.34. The molecule has 1 aliphatic heterocycles. The summed E-state index contributed by atoms with van der Waals surface area (Å²) in [6, 6.07) is 40.8. The lowest BCUT2D eigenvalue weighted by atomic mass is 10.0. The van der Waals surface area contributed by atoms with Crippen molar-refractivity contribution in [3.63, 3.8) is 0 Å². The van der Waals surface area contributed by atoms with Gasteiger partial charge in [-0.1, -0.05) is 97.1 Å². The molecule has 2 nitrogen and oxygen atoms in total. The van der Waals surface area contributed by atoms with E-state index in [-0.39, 0.29) is 0 Å². The first-order valence-electron chi connectivity index (χ1n) is 11.4. The van der Waals surface area contributed by atoms with Gasteiger partial charge >= 0.3 is 0 Å². The van der Waals surface area contributed by atoms with Crippen LogP contribution in [0.3, 0.4) is 0 Å². The lowest BCUT2D eigenvalue weighted by Crippen LogP contribution is -2.22. The summed E-state index contributed by atoms with van der Waals surface area (Å²) in [5.41, 5.74) is 7.75. The number of allylic oxidation sites excluding steroid dienone is 4. The van der Waals surface area contributed by atoms with Crippen LogP contribution in [-0.4, -0.2) is 0 Å². The molecule has 0 spiro atoms. The molecule has 0 saturated heterocycles. The summed E-state index contributed by atoms with van der Waals surface area (Å²) in [6.45, 7) is 0. The Hall–Kier alpha value is -4.56. The fourth-order valence-electron chi connectivity index (χ4n) is 3.97.